The van der Waals surface area contributed by atoms with Crippen molar-refractivity contribution in [1.29, 1.82) is 0 Å². The Labute approximate surface area is 184 Å². The van der Waals surface area contributed by atoms with Crippen molar-refractivity contribution in [1.82, 2.24) is 14.8 Å². The van der Waals surface area contributed by atoms with Crippen LogP contribution < -0.4 is 4.74 Å². The minimum atomic E-state index is -0.858. The Bertz CT molecular complexity index is 957. The van der Waals surface area contributed by atoms with E-state index < -0.39 is 5.60 Å². The number of carbonyl (C=O) groups is 1. The predicted molar refractivity (Wildman–Crippen MR) is 121 cm³/mol. The van der Waals surface area contributed by atoms with Crippen LogP contribution in [0.1, 0.15) is 49.2 Å². The number of hydrogen-bond acceptors (Lipinski definition) is 5. The molecule has 2 atom stereocenters. The fourth-order valence-electron chi connectivity index (χ4n) is 5.17. The van der Waals surface area contributed by atoms with E-state index in [-0.39, 0.29) is 17.6 Å². The van der Waals surface area contributed by atoms with Gasteiger partial charge in [-0.1, -0.05) is 0 Å². The second-order valence-corrected chi connectivity index (χ2v) is 9.57. The van der Waals surface area contributed by atoms with Crippen molar-refractivity contribution in [3.05, 3.63) is 29.5 Å². The normalized spacial score (nSPS) is 26.0. The molecular weight excluding hydrogens is 394 g/mol. The van der Waals surface area contributed by atoms with Gasteiger partial charge in [-0.15, -0.1) is 0 Å². The molecule has 4 rings (SSSR count). The number of benzene rings is 1. The molecule has 2 aliphatic rings. The summed E-state index contributed by atoms with van der Waals surface area (Å²) in [6.07, 6.45) is 2.35. The van der Waals surface area contributed by atoms with E-state index in [1.807, 2.05) is 58.0 Å². The number of aromatic amines is 1. The van der Waals surface area contributed by atoms with E-state index in [2.05, 4.69) is 9.88 Å². The van der Waals surface area contributed by atoms with Gasteiger partial charge in [0, 0.05) is 30.0 Å². The summed E-state index contributed by atoms with van der Waals surface area (Å²) in [5, 5.41) is 11.7. The van der Waals surface area contributed by atoms with Crippen LogP contribution in [-0.4, -0.2) is 83.4 Å². The lowest BCUT2D eigenvalue weighted by Gasteiger charge is -2.52. The minimum Gasteiger partial charge on any atom is -0.494 e. The average molecular weight is 430 g/mol. The highest BCUT2D eigenvalue weighted by molar-refractivity contribution is 6.01. The molecule has 0 unspecified atom stereocenters. The van der Waals surface area contributed by atoms with Crippen LogP contribution in [0.3, 0.4) is 0 Å². The van der Waals surface area contributed by atoms with Gasteiger partial charge in [0.05, 0.1) is 18.8 Å². The van der Waals surface area contributed by atoms with Gasteiger partial charge in [-0.3, -0.25) is 4.79 Å². The number of rotatable bonds is 4. The van der Waals surface area contributed by atoms with Gasteiger partial charge in [0.1, 0.15) is 17.0 Å². The fourth-order valence-corrected chi connectivity index (χ4v) is 5.17. The highest BCUT2D eigenvalue weighted by Gasteiger charge is 2.49. The Morgan fingerprint density at radius 3 is 2.71 bits per heavy atom. The molecule has 170 valence electrons. The monoisotopic (exact) mass is 429 g/mol. The van der Waals surface area contributed by atoms with E-state index in [1.54, 1.807) is 0 Å². The number of piperidine rings is 1. The van der Waals surface area contributed by atoms with Crippen LogP contribution in [0.5, 0.6) is 5.75 Å². The Morgan fingerprint density at radius 2 is 2.06 bits per heavy atom. The molecule has 31 heavy (non-hydrogen) atoms. The summed E-state index contributed by atoms with van der Waals surface area (Å²) in [5.41, 5.74) is 1.43. The highest BCUT2D eigenvalue weighted by Crippen LogP contribution is 2.40. The van der Waals surface area contributed by atoms with Crippen LogP contribution in [0.4, 0.5) is 0 Å². The molecular formula is C24H35N3O4. The summed E-state index contributed by atoms with van der Waals surface area (Å²) in [7, 11) is 4.01. The summed E-state index contributed by atoms with van der Waals surface area (Å²) in [6.45, 7) is 8.04. The Balaban J connectivity index is 1.48. The summed E-state index contributed by atoms with van der Waals surface area (Å²) in [4.78, 5) is 20.7. The summed E-state index contributed by atoms with van der Waals surface area (Å²) in [6, 6.07) is 5.94. The molecule has 3 heterocycles. The van der Waals surface area contributed by atoms with Gasteiger partial charge in [-0.25, -0.2) is 0 Å². The summed E-state index contributed by atoms with van der Waals surface area (Å²) >= 11 is 0. The zero-order chi connectivity index (χ0) is 22.4. The topological polar surface area (TPSA) is 78.0 Å². The minimum absolute atomic E-state index is 0.0356. The van der Waals surface area contributed by atoms with Crippen LogP contribution in [-0.2, 0) is 4.74 Å². The first-order valence-electron chi connectivity index (χ1n) is 11.2. The molecule has 0 bridgehead atoms. The molecule has 1 spiro atoms. The number of H-pyrrole nitrogens is 1. The maximum absolute atomic E-state index is 13.3. The lowest BCUT2D eigenvalue weighted by Crippen LogP contribution is -2.63. The number of carbonyl (C=O) groups excluding carboxylic acids is 1. The zero-order valence-corrected chi connectivity index (χ0v) is 19.3. The smallest absolute Gasteiger partial charge is 0.270 e. The highest BCUT2D eigenvalue weighted by atomic mass is 16.5. The lowest BCUT2D eigenvalue weighted by molar-refractivity contribution is -0.205. The van der Waals surface area contributed by atoms with E-state index in [0.29, 0.717) is 32.0 Å². The largest absolute Gasteiger partial charge is 0.494 e. The SMILES string of the molecule is CCOc1ccc2[nH]c(C(=O)N3CCC4(CC3)C[C@H](N(C)C)[C@@](C)(O)CO4)c(C)c2c1. The number of amides is 1. The summed E-state index contributed by atoms with van der Waals surface area (Å²) in [5.74, 6) is 0.852. The molecule has 2 fully saturated rings. The van der Waals surface area contributed by atoms with Gasteiger partial charge in [0.15, 0.2) is 0 Å². The number of fused-ring (bicyclic) bond motifs is 1. The maximum Gasteiger partial charge on any atom is 0.270 e. The predicted octanol–water partition coefficient (Wildman–Crippen LogP) is 2.95. The van der Waals surface area contributed by atoms with Gasteiger partial charge in [0.25, 0.3) is 5.91 Å². The van der Waals surface area contributed by atoms with E-state index in [1.165, 1.54) is 0 Å². The quantitative estimate of drug-likeness (QED) is 0.781. The Hall–Kier alpha value is -2.09. The number of aromatic nitrogens is 1. The van der Waals surface area contributed by atoms with Crippen molar-refractivity contribution in [3.63, 3.8) is 0 Å². The molecule has 0 saturated carbocycles. The molecule has 0 radical (unpaired) electrons. The molecule has 7 heteroatoms. The number of likely N-dealkylation sites (N-methyl/N-ethyl adjacent to an activating group) is 1. The molecule has 7 nitrogen and oxygen atoms in total. The molecule has 0 aliphatic carbocycles. The zero-order valence-electron chi connectivity index (χ0n) is 19.3. The van der Waals surface area contributed by atoms with E-state index >= 15 is 0 Å². The standard InChI is InChI=1S/C24H35N3O4/c1-6-30-17-7-8-19-18(13-17)16(2)21(25-19)22(28)27-11-9-24(10-12-27)14-20(26(4)5)23(3,29)15-31-24/h7-8,13,20,25,29H,6,9-12,14-15H2,1-5H3/t20-,23-/m0/s1. The number of ether oxygens (including phenoxy) is 2. The van der Waals surface area contributed by atoms with Gasteiger partial charge >= 0.3 is 0 Å². The van der Waals surface area contributed by atoms with Gasteiger partial charge in [0.2, 0.25) is 0 Å². The van der Waals surface area contributed by atoms with Crippen LogP contribution in [0.25, 0.3) is 10.9 Å². The van der Waals surface area contributed by atoms with Crippen LogP contribution >= 0.6 is 0 Å². The van der Waals surface area contributed by atoms with Crippen molar-refractivity contribution in [3.8, 4) is 5.75 Å². The van der Waals surface area contributed by atoms with Gasteiger partial charge in [-0.05, 0) is 77.9 Å². The fraction of sp³-hybridized carbons (Fsp3) is 0.625. The Kier molecular flexibility index (Phi) is 5.79. The van der Waals surface area contributed by atoms with Crippen molar-refractivity contribution in [2.45, 2.75) is 57.3 Å². The average Bonchev–Trinajstić information content (AvgIpc) is 3.06. The number of likely N-dealkylation sites (tertiary alicyclic amines) is 1. The van der Waals surface area contributed by atoms with Crippen molar-refractivity contribution in [2.24, 2.45) is 0 Å². The van der Waals surface area contributed by atoms with Crippen molar-refractivity contribution < 1.29 is 19.4 Å². The molecule has 2 aliphatic heterocycles. The lowest BCUT2D eigenvalue weighted by atomic mass is 9.77. The summed E-state index contributed by atoms with van der Waals surface area (Å²) < 4.78 is 11.8. The molecule has 2 aromatic rings. The van der Waals surface area contributed by atoms with Crippen molar-refractivity contribution >= 4 is 16.8 Å². The second-order valence-electron chi connectivity index (χ2n) is 9.57. The number of aryl methyl sites for hydroxylation is 1. The second kappa shape index (κ2) is 8.11. The molecule has 1 aromatic carbocycles. The number of aliphatic hydroxyl groups is 1. The van der Waals surface area contributed by atoms with Gasteiger partial charge < -0.3 is 29.4 Å². The van der Waals surface area contributed by atoms with Crippen LogP contribution in [0.15, 0.2) is 18.2 Å². The third-order valence-electron chi connectivity index (χ3n) is 7.09. The number of nitrogens with one attached hydrogen (secondary N) is 1. The first-order valence-corrected chi connectivity index (χ1v) is 11.2. The first kappa shape index (κ1) is 22.1. The van der Waals surface area contributed by atoms with Gasteiger partial charge in [-0.2, -0.15) is 0 Å². The van der Waals surface area contributed by atoms with E-state index in [4.69, 9.17) is 9.47 Å². The molecule has 1 amide bonds. The van der Waals surface area contributed by atoms with Crippen molar-refractivity contribution in [2.75, 3.05) is 40.4 Å². The van der Waals surface area contributed by atoms with Crippen LogP contribution in [0, 0.1) is 6.92 Å². The first-order chi connectivity index (χ1) is 14.7. The third-order valence-corrected chi connectivity index (χ3v) is 7.09. The Morgan fingerprint density at radius 1 is 1.35 bits per heavy atom. The molecule has 2 N–H and O–H groups in total. The third kappa shape index (κ3) is 4.06. The number of hydrogen-bond donors (Lipinski definition) is 2. The maximum atomic E-state index is 13.3. The van der Waals surface area contributed by atoms with E-state index in [0.717, 1.165) is 41.5 Å². The molecule has 1 aromatic heterocycles. The molecule has 2 saturated heterocycles. The van der Waals surface area contributed by atoms with E-state index in [9.17, 15) is 9.90 Å². The number of nitrogens with zero attached hydrogens (tertiary/aromatic N) is 2. The van der Waals surface area contributed by atoms with Crippen LogP contribution in [0.2, 0.25) is 0 Å².